The lowest BCUT2D eigenvalue weighted by molar-refractivity contribution is -0.120. The smallest absolute Gasteiger partial charge is 0.227 e. The number of aryl methyl sites for hydroxylation is 2. The van der Waals surface area contributed by atoms with Gasteiger partial charge in [-0.2, -0.15) is 0 Å². The van der Waals surface area contributed by atoms with Crippen LogP contribution in [0.2, 0.25) is 0 Å². The highest BCUT2D eigenvalue weighted by Gasteiger charge is 2.21. The van der Waals surface area contributed by atoms with Gasteiger partial charge in [0, 0.05) is 12.1 Å². The van der Waals surface area contributed by atoms with Gasteiger partial charge in [-0.25, -0.2) is 0 Å². The van der Waals surface area contributed by atoms with E-state index in [0.29, 0.717) is 12.3 Å². The maximum absolute atomic E-state index is 12.1. The average molecular weight is 362 g/mol. The molecule has 0 unspecified atom stereocenters. The van der Waals surface area contributed by atoms with Gasteiger partial charge in [-0.05, 0) is 36.5 Å². The van der Waals surface area contributed by atoms with E-state index >= 15 is 0 Å². The minimum Gasteiger partial charge on any atom is -0.360 e. The Bertz CT molecular complexity index is 893. The SMILES string of the molecule is CCNC(=O)Cc1onc(-c2ccc(CC)cc2)c1-c1ccc(CC)cc1. The maximum Gasteiger partial charge on any atom is 0.227 e. The standard InChI is InChI=1S/C23H26N2O2/c1-4-16-7-11-18(12-8-16)22-20(15-21(26)24-6-3)27-25-23(22)19-13-9-17(5-2)10-14-19/h7-14H,4-6,15H2,1-3H3,(H,24,26). The predicted octanol–water partition coefficient (Wildman–Crippen LogP) is 4.81. The number of carbonyl (C=O) groups excluding carboxylic acids is 1. The fourth-order valence-electron chi connectivity index (χ4n) is 3.15. The van der Waals surface area contributed by atoms with Crippen LogP contribution >= 0.6 is 0 Å². The Balaban J connectivity index is 2.06. The van der Waals surface area contributed by atoms with E-state index in [-0.39, 0.29) is 12.3 Å². The zero-order valence-electron chi connectivity index (χ0n) is 16.2. The Morgan fingerprint density at radius 2 is 1.44 bits per heavy atom. The molecule has 140 valence electrons. The number of aromatic nitrogens is 1. The molecule has 3 aromatic rings. The molecule has 0 aliphatic rings. The van der Waals surface area contributed by atoms with Gasteiger partial charge in [0.15, 0.2) is 5.76 Å². The van der Waals surface area contributed by atoms with E-state index in [0.717, 1.165) is 35.2 Å². The number of benzene rings is 2. The van der Waals surface area contributed by atoms with Gasteiger partial charge in [0.1, 0.15) is 5.69 Å². The molecule has 4 heteroatoms. The van der Waals surface area contributed by atoms with Crippen molar-refractivity contribution in [2.45, 2.75) is 40.0 Å². The zero-order chi connectivity index (χ0) is 19.2. The van der Waals surface area contributed by atoms with Crippen LogP contribution in [0.5, 0.6) is 0 Å². The van der Waals surface area contributed by atoms with E-state index in [2.05, 4.69) is 72.9 Å². The number of rotatable bonds is 7. The summed E-state index contributed by atoms with van der Waals surface area (Å²) in [7, 11) is 0. The van der Waals surface area contributed by atoms with E-state index in [9.17, 15) is 4.79 Å². The number of hydrogen-bond donors (Lipinski definition) is 1. The lowest BCUT2D eigenvalue weighted by Crippen LogP contribution is -2.24. The molecule has 0 atom stereocenters. The summed E-state index contributed by atoms with van der Waals surface area (Å²) in [4.78, 5) is 12.1. The highest BCUT2D eigenvalue weighted by Crippen LogP contribution is 2.35. The fourth-order valence-corrected chi connectivity index (χ4v) is 3.15. The first-order chi connectivity index (χ1) is 13.2. The van der Waals surface area contributed by atoms with Crippen molar-refractivity contribution in [2.24, 2.45) is 0 Å². The van der Waals surface area contributed by atoms with Crippen LogP contribution in [-0.2, 0) is 24.1 Å². The molecule has 0 aliphatic carbocycles. The van der Waals surface area contributed by atoms with Crippen molar-refractivity contribution in [3.63, 3.8) is 0 Å². The molecule has 0 radical (unpaired) electrons. The Morgan fingerprint density at radius 1 is 0.889 bits per heavy atom. The predicted molar refractivity (Wildman–Crippen MR) is 109 cm³/mol. The average Bonchev–Trinajstić information content (AvgIpc) is 3.11. The maximum atomic E-state index is 12.1. The summed E-state index contributed by atoms with van der Waals surface area (Å²) in [6.45, 7) is 6.77. The lowest BCUT2D eigenvalue weighted by Gasteiger charge is -2.07. The van der Waals surface area contributed by atoms with Crippen LogP contribution < -0.4 is 5.32 Å². The summed E-state index contributed by atoms with van der Waals surface area (Å²) in [6.07, 6.45) is 2.16. The quantitative estimate of drug-likeness (QED) is 0.656. The second-order valence-corrected chi connectivity index (χ2v) is 6.56. The summed E-state index contributed by atoms with van der Waals surface area (Å²) in [5, 5.41) is 7.15. The van der Waals surface area contributed by atoms with Crippen LogP contribution in [0.25, 0.3) is 22.4 Å². The number of hydrogen-bond acceptors (Lipinski definition) is 3. The first-order valence-electron chi connectivity index (χ1n) is 9.60. The van der Waals surface area contributed by atoms with Gasteiger partial charge in [-0.3, -0.25) is 4.79 Å². The largest absolute Gasteiger partial charge is 0.360 e. The Labute approximate surface area is 160 Å². The first-order valence-corrected chi connectivity index (χ1v) is 9.60. The van der Waals surface area contributed by atoms with Gasteiger partial charge >= 0.3 is 0 Å². The van der Waals surface area contributed by atoms with E-state index in [4.69, 9.17) is 4.52 Å². The summed E-state index contributed by atoms with van der Waals surface area (Å²) in [6, 6.07) is 16.7. The molecule has 1 amide bonds. The van der Waals surface area contributed by atoms with E-state index in [1.54, 1.807) is 0 Å². The summed E-state index contributed by atoms with van der Waals surface area (Å²) < 4.78 is 5.62. The minimum atomic E-state index is -0.0621. The number of carbonyl (C=O) groups is 1. The van der Waals surface area contributed by atoms with Crippen LogP contribution in [0.3, 0.4) is 0 Å². The third-order valence-corrected chi connectivity index (χ3v) is 4.74. The van der Waals surface area contributed by atoms with E-state index in [1.807, 2.05) is 6.92 Å². The monoisotopic (exact) mass is 362 g/mol. The molecule has 1 heterocycles. The van der Waals surface area contributed by atoms with Gasteiger partial charge < -0.3 is 9.84 Å². The minimum absolute atomic E-state index is 0.0621. The molecular weight excluding hydrogens is 336 g/mol. The van der Waals surface area contributed by atoms with Crippen molar-refractivity contribution < 1.29 is 9.32 Å². The first kappa shape index (κ1) is 18.9. The van der Waals surface area contributed by atoms with Crippen LogP contribution in [0, 0.1) is 0 Å². The second-order valence-electron chi connectivity index (χ2n) is 6.56. The van der Waals surface area contributed by atoms with E-state index < -0.39 is 0 Å². The zero-order valence-corrected chi connectivity index (χ0v) is 16.2. The molecule has 0 saturated heterocycles. The molecule has 4 nitrogen and oxygen atoms in total. The van der Waals surface area contributed by atoms with Crippen molar-refractivity contribution in [3.8, 4) is 22.4 Å². The van der Waals surface area contributed by atoms with Gasteiger partial charge in [0.2, 0.25) is 5.91 Å². The summed E-state index contributed by atoms with van der Waals surface area (Å²) in [5.74, 6) is 0.535. The molecule has 1 aromatic heterocycles. The van der Waals surface area contributed by atoms with Crippen molar-refractivity contribution in [3.05, 3.63) is 65.4 Å². The third kappa shape index (κ3) is 4.27. The molecule has 0 saturated carbocycles. The van der Waals surface area contributed by atoms with Crippen molar-refractivity contribution in [1.29, 1.82) is 0 Å². The molecule has 1 N–H and O–H groups in total. The summed E-state index contributed by atoms with van der Waals surface area (Å²) >= 11 is 0. The van der Waals surface area contributed by atoms with Crippen LogP contribution in [0.1, 0.15) is 37.7 Å². The molecule has 0 bridgehead atoms. The summed E-state index contributed by atoms with van der Waals surface area (Å²) in [5.41, 5.74) is 6.23. The van der Waals surface area contributed by atoms with Crippen LogP contribution in [-0.4, -0.2) is 17.6 Å². The number of nitrogens with one attached hydrogen (secondary N) is 1. The molecule has 0 spiro atoms. The molecular formula is C23H26N2O2. The number of likely N-dealkylation sites (N-methyl/N-ethyl adjacent to an activating group) is 1. The third-order valence-electron chi connectivity index (χ3n) is 4.74. The molecule has 0 aliphatic heterocycles. The molecule has 2 aromatic carbocycles. The fraction of sp³-hybridized carbons (Fsp3) is 0.304. The topological polar surface area (TPSA) is 55.1 Å². The second kappa shape index (κ2) is 8.67. The molecule has 0 fully saturated rings. The normalized spacial score (nSPS) is 10.8. The van der Waals surface area contributed by atoms with Gasteiger partial charge in [-0.1, -0.05) is 67.5 Å². The van der Waals surface area contributed by atoms with Gasteiger partial charge in [-0.15, -0.1) is 0 Å². The number of amides is 1. The highest BCUT2D eigenvalue weighted by atomic mass is 16.5. The number of nitrogens with zero attached hydrogens (tertiary/aromatic N) is 1. The van der Waals surface area contributed by atoms with Crippen LogP contribution in [0.4, 0.5) is 0 Å². The Morgan fingerprint density at radius 3 is 1.96 bits per heavy atom. The van der Waals surface area contributed by atoms with Crippen molar-refractivity contribution in [1.82, 2.24) is 10.5 Å². The van der Waals surface area contributed by atoms with E-state index in [1.165, 1.54) is 11.1 Å². The Kier molecular flexibility index (Phi) is 6.07. The van der Waals surface area contributed by atoms with Crippen LogP contribution in [0.15, 0.2) is 53.1 Å². The molecule has 27 heavy (non-hydrogen) atoms. The highest BCUT2D eigenvalue weighted by molar-refractivity contribution is 5.86. The molecule has 3 rings (SSSR count). The van der Waals surface area contributed by atoms with Crippen molar-refractivity contribution in [2.75, 3.05) is 6.54 Å². The lowest BCUT2D eigenvalue weighted by atomic mass is 9.96. The van der Waals surface area contributed by atoms with Gasteiger partial charge in [0.25, 0.3) is 0 Å². The van der Waals surface area contributed by atoms with Gasteiger partial charge in [0.05, 0.1) is 12.0 Å². The Hall–Kier alpha value is -2.88. The van der Waals surface area contributed by atoms with Crippen molar-refractivity contribution >= 4 is 5.91 Å².